The van der Waals surface area contributed by atoms with Crippen molar-refractivity contribution in [1.82, 2.24) is 3.53 Å². The molecule has 1 heterocycles. The monoisotopic (exact) mass is 255 g/mol. The van der Waals surface area contributed by atoms with Crippen LogP contribution in [0.15, 0.2) is 0 Å². The van der Waals surface area contributed by atoms with E-state index in [-0.39, 0.29) is 0 Å². The molecule has 0 amide bonds. The van der Waals surface area contributed by atoms with E-state index in [4.69, 9.17) is 0 Å². The predicted octanol–water partition coefficient (Wildman–Crippen LogP) is 2.45. The second kappa shape index (κ2) is 4.54. The van der Waals surface area contributed by atoms with Gasteiger partial charge in [0.25, 0.3) is 0 Å². The van der Waals surface area contributed by atoms with Crippen LogP contribution in [-0.2, 0) is 0 Å². The van der Waals surface area contributed by atoms with E-state index in [1.807, 2.05) is 0 Å². The fourth-order valence-electron chi connectivity index (χ4n) is 1.15. The maximum absolute atomic E-state index is 3.71. The van der Waals surface area contributed by atoms with Gasteiger partial charge in [0.05, 0.1) is 0 Å². The van der Waals surface area contributed by atoms with Crippen LogP contribution in [0.2, 0.25) is 0 Å². The third kappa shape index (κ3) is 3.19. The van der Waals surface area contributed by atoms with E-state index in [1.165, 1.54) is 23.8 Å². The van der Waals surface area contributed by atoms with Gasteiger partial charge in [0.2, 0.25) is 0 Å². The van der Waals surface area contributed by atoms with Crippen LogP contribution in [0.5, 0.6) is 0 Å². The van der Waals surface area contributed by atoms with Crippen LogP contribution >= 0.6 is 20.1 Å². The first-order chi connectivity index (χ1) is 4.79. The summed E-state index contributed by atoms with van der Waals surface area (Å²) in [7, 11) is 0. The molecule has 1 rings (SSSR count). The molecule has 10 heavy (non-hydrogen) atoms. The van der Waals surface area contributed by atoms with Crippen molar-refractivity contribution in [1.29, 1.82) is 0 Å². The number of nitrogens with one attached hydrogen (secondary N) is 1. The van der Waals surface area contributed by atoms with Crippen molar-refractivity contribution < 1.29 is 0 Å². The molecular weight excluding hydrogens is 237 g/mol. The molecule has 1 aliphatic rings. The molecule has 1 nitrogen and oxygen atoms in total. The van der Waals surface area contributed by atoms with Gasteiger partial charge in [0, 0.05) is 0 Å². The number of hydrogen-bond acceptors (Lipinski definition) is 1. The van der Waals surface area contributed by atoms with E-state index in [2.05, 4.69) is 17.4 Å². The van der Waals surface area contributed by atoms with E-state index in [9.17, 15) is 0 Å². The maximum atomic E-state index is 3.71. The molecule has 1 fully saturated rings. The molecule has 0 aliphatic carbocycles. The average Bonchev–Trinajstić information content (AvgIpc) is 1.88. The number of halogens is 1. The van der Waals surface area contributed by atoms with Crippen LogP contribution in [0.1, 0.15) is 26.7 Å². The standard InChI is InChI=1S/C8H18IN/c1-8(2)7-9-5-3-4-6-10-9/h8,10H,3-7H2,1-2H3. The topological polar surface area (TPSA) is 12.0 Å². The fourth-order valence-corrected chi connectivity index (χ4v) is 7.02. The zero-order chi connectivity index (χ0) is 7.40. The predicted molar refractivity (Wildman–Crippen MR) is 55.8 cm³/mol. The third-order valence-electron chi connectivity index (χ3n) is 1.57. The Balaban J connectivity index is 2.13. The van der Waals surface area contributed by atoms with Crippen molar-refractivity contribution in [3.8, 4) is 0 Å². The van der Waals surface area contributed by atoms with Gasteiger partial charge in [-0.15, -0.1) is 0 Å². The van der Waals surface area contributed by atoms with Crippen molar-refractivity contribution in [2.24, 2.45) is 5.92 Å². The van der Waals surface area contributed by atoms with Gasteiger partial charge >= 0.3 is 71.6 Å². The Morgan fingerprint density at radius 1 is 1.40 bits per heavy atom. The molecule has 0 spiro atoms. The van der Waals surface area contributed by atoms with E-state index in [0.29, 0.717) is 0 Å². The summed E-state index contributed by atoms with van der Waals surface area (Å²) in [5.74, 6) is 0.927. The molecular formula is C8H18IN. The Labute approximate surface area is 71.7 Å². The molecule has 2 heteroatoms. The number of hydrogen-bond donors (Lipinski definition) is 1. The van der Waals surface area contributed by atoms with Crippen LogP contribution in [0.4, 0.5) is 0 Å². The molecule has 0 saturated carbocycles. The summed E-state index contributed by atoms with van der Waals surface area (Å²) in [6.07, 6.45) is 2.93. The molecule has 1 N–H and O–H groups in total. The first-order valence-electron chi connectivity index (χ1n) is 4.14. The van der Waals surface area contributed by atoms with Crippen molar-refractivity contribution in [2.45, 2.75) is 26.7 Å². The molecule has 1 saturated heterocycles. The van der Waals surface area contributed by atoms with Crippen LogP contribution in [0.25, 0.3) is 0 Å². The van der Waals surface area contributed by atoms with Gasteiger partial charge in [0.1, 0.15) is 0 Å². The molecule has 0 aromatic carbocycles. The molecule has 62 valence electrons. The van der Waals surface area contributed by atoms with Crippen molar-refractivity contribution in [3.63, 3.8) is 0 Å². The normalized spacial score (nSPS) is 23.7. The minimum absolute atomic E-state index is 0.596. The average molecular weight is 255 g/mol. The molecule has 0 bridgehead atoms. The molecule has 0 atom stereocenters. The van der Waals surface area contributed by atoms with Crippen LogP contribution in [-0.4, -0.2) is 15.4 Å². The second-order valence-corrected chi connectivity index (χ2v) is 8.61. The molecule has 0 unspecified atom stereocenters. The van der Waals surface area contributed by atoms with E-state index >= 15 is 0 Å². The zero-order valence-electron chi connectivity index (χ0n) is 6.99. The van der Waals surface area contributed by atoms with E-state index in [1.54, 1.807) is 4.43 Å². The summed E-state index contributed by atoms with van der Waals surface area (Å²) in [4.78, 5) is 0. The quantitative estimate of drug-likeness (QED) is 0.454. The SMILES string of the molecule is CC(C)CI1CCCCN1. The minimum atomic E-state index is -0.596. The van der Waals surface area contributed by atoms with Gasteiger partial charge in [-0.05, 0) is 0 Å². The van der Waals surface area contributed by atoms with E-state index in [0.717, 1.165) is 5.92 Å². The first kappa shape index (κ1) is 8.78. The Bertz CT molecular complexity index is 87.3. The molecule has 1 aliphatic heterocycles. The van der Waals surface area contributed by atoms with Gasteiger partial charge in [-0.1, -0.05) is 0 Å². The summed E-state index contributed by atoms with van der Waals surface area (Å²) in [5, 5.41) is 0. The van der Waals surface area contributed by atoms with Gasteiger partial charge in [-0.3, -0.25) is 0 Å². The van der Waals surface area contributed by atoms with Gasteiger partial charge < -0.3 is 0 Å². The number of rotatable bonds is 2. The van der Waals surface area contributed by atoms with Crippen LogP contribution < -0.4 is 3.53 Å². The fraction of sp³-hybridized carbons (Fsp3) is 1.00. The van der Waals surface area contributed by atoms with Gasteiger partial charge in [0.15, 0.2) is 0 Å². The van der Waals surface area contributed by atoms with Crippen molar-refractivity contribution in [2.75, 3.05) is 15.4 Å². The van der Waals surface area contributed by atoms with Crippen LogP contribution in [0, 0.1) is 5.92 Å². The summed E-state index contributed by atoms with van der Waals surface area (Å²) in [5.41, 5.74) is 0. The summed E-state index contributed by atoms with van der Waals surface area (Å²) in [6.45, 7) is 6.00. The van der Waals surface area contributed by atoms with Crippen molar-refractivity contribution in [3.05, 3.63) is 0 Å². The summed E-state index contributed by atoms with van der Waals surface area (Å²) in [6, 6.07) is 0. The Morgan fingerprint density at radius 2 is 2.20 bits per heavy atom. The van der Waals surface area contributed by atoms with Crippen LogP contribution in [0.3, 0.4) is 0 Å². The Morgan fingerprint density at radius 3 is 2.70 bits per heavy atom. The molecule has 0 radical (unpaired) electrons. The Hall–Kier alpha value is 0.690. The number of alkyl halides is 2. The molecule has 0 aromatic heterocycles. The Kier molecular flexibility index (Phi) is 3.99. The van der Waals surface area contributed by atoms with Crippen molar-refractivity contribution >= 4 is 20.1 Å². The first-order valence-corrected chi connectivity index (χ1v) is 8.27. The van der Waals surface area contributed by atoms with Gasteiger partial charge in [-0.25, -0.2) is 0 Å². The summed E-state index contributed by atoms with van der Waals surface area (Å²) >= 11 is -0.596. The second-order valence-electron chi connectivity index (χ2n) is 3.28. The van der Waals surface area contributed by atoms with E-state index < -0.39 is 20.1 Å². The zero-order valence-corrected chi connectivity index (χ0v) is 9.15. The van der Waals surface area contributed by atoms with Gasteiger partial charge in [-0.2, -0.15) is 0 Å². The summed E-state index contributed by atoms with van der Waals surface area (Å²) < 4.78 is 6.78. The third-order valence-corrected chi connectivity index (χ3v) is 8.07. The molecule has 0 aromatic rings.